The number of halogens is 1. The number of carbonyl (C=O) groups excluding carboxylic acids is 1. The molecular weight excluding hydrogens is 319 g/mol. The van der Waals surface area contributed by atoms with Gasteiger partial charge in [0.2, 0.25) is 5.91 Å². The molecule has 0 unspecified atom stereocenters. The predicted octanol–water partition coefficient (Wildman–Crippen LogP) is 2.27. The maximum absolute atomic E-state index is 12.0. The summed E-state index contributed by atoms with van der Waals surface area (Å²) < 4.78 is 12.0. The summed E-state index contributed by atoms with van der Waals surface area (Å²) in [7, 11) is 3.58. The SMILES string of the molecule is CC(C)NC1CCN(CCF)CC1.CC(C)NCCCC(=O)N(C)C. The van der Waals surface area contributed by atoms with E-state index in [2.05, 4.69) is 43.2 Å². The molecule has 150 valence electrons. The van der Waals surface area contributed by atoms with Crippen molar-refractivity contribution >= 4 is 5.91 Å². The van der Waals surface area contributed by atoms with Crippen LogP contribution in [0.1, 0.15) is 53.4 Å². The van der Waals surface area contributed by atoms with Crippen molar-refractivity contribution < 1.29 is 9.18 Å². The summed E-state index contributed by atoms with van der Waals surface area (Å²) in [6.45, 7) is 12.0. The molecule has 0 spiro atoms. The van der Waals surface area contributed by atoms with E-state index in [1.54, 1.807) is 19.0 Å². The van der Waals surface area contributed by atoms with Crippen molar-refractivity contribution in [1.82, 2.24) is 20.4 Å². The van der Waals surface area contributed by atoms with Crippen molar-refractivity contribution in [3.63, 3.8) is 0 Å². The molecule has 1 saturated heterocycles. The Labute approximate surface area is 154 Å². The van der Waals surface area contributed by atoms with E-state index < -0.39 is 0 Å². The minimum atomic E-state index is -0.206. The number of alkyl halides is 1. The second-order valence-electron chi connectivity index (χ2n) is 7.63. The van der Waals surface area contributed by atoms with E-state index in [4.69, 9.17) is 0 Å². The zero-order valence-corrected chi connectivity index (χ0v) is 17.3. The van der Waals surface area contributed by atoms with Crippen LogP contribution in [0.25, 0.3) is 0 Å². The highest BCUT2D eigenvalue weighted by Gasteiger charge is 2.18. The lowest BCUT2D eigenvalue weighted by Crippen LogP contribution is -2.45. The van der Waals surface area contributed by atoms with Crippen LogP contribution in [0, 0.1) is 0 Å². The van der Waals surface area contributed by atoms with Gasteiger partial charge in [0.25, 0.3) is 0 Å². The molecule has 0 aromatic heterocycles. The van der Waals surface area contributed by atoms with Crippen LogP contribution >= 0.6 is 0 Å². The van der Waals surface area contributed by atoms with Crippen LogP contribution in [0.3, 0.4) is 0 Å². The number of nitrogens with one attached hydrogen (secondary N) is 2. The molecule has 1 aliphatic heterocycles. The molecule has 2 N–H and O–H groups in total. The van der Waals surface area contributed by atoms with Crippen molar-refractivity contribution in [2.75, 3.05) is 46.9 Å². The highest BCUT2D eigenvalue weighted by atomic mass is 19.1. The number of hydrogen-bond donors (Lipinski definition) is 2. The van der Waals surface area contributed by atoms with E-state index in [9.17, 15) is 9.18 Å². The van der Waals surface area contributed by atoms with E-state index in [0.717, 1.165) is 38.9 Å². The lowest BCUT2D eigenvalue weighted by atomic mass is 10.0. The average Bonchev–Trinajstić information content (AvgIpc) is 2.53. The normalized spacial score (nSPS) is 16.0. The van der Waals surface area contributed by atoms with Crippen molar-refractivity contribution in [2.24, 2.45) is 0 Å². The van der Waals surface area contributed by atoms with Gasteiger partial charge in [-0.1, -0.05) is 27.7 Å². The van der Waals surface area contributed by atoms with Gasteiger partial charge in [-0.3, -0.25) is 4.79 Å². The number of rotatable bonds is 9. The van der Waals surface area contributed by atoms with Gasteiger partial charge in [0.05, 0.1) is 0 Å². The van der Waals surface area contributed by atoms with Gasteiger partial charge in [0.1, 0.15) is 6.67 Å². The summed E-state index contributed by atoms with van der Waals surface area (Å²) in [6, 6.07) is 1.73. The molecule has 1 aliphatic rings. The van der Waals surface area contributed by atoms with Crippen molar-refractivity contribution in [3.8, 4) is 0 Å². The predicted molar refractivity (Wildman–Crippen MR) is 105 cm³/mol. The molecule has 1 amide bonds. The van der Waals surface area contributed by atoms with Crippen LogP contribution in [-0.2, 0) is 4.79 Å². The molecule has 0 bridgehead atoms. The van der Waals surface area contributed by atoms with E-state index >= 15 is 0 Å². The standard InChI is InChI=1S/C10H21FN2.C9H20N2O/c1-9(2)12-10-3-6-13(7-4-10)8-5-11;1-8(2)10-7-5-6-9(12)11(3)4/h9-10,12H,3-8H2,1-2H3;8,10H,5-7H2,1-4H3. The summed E-state index contributed by atoms with van der Waals surface area (Å²) in [4.78, 5) is 14.9. The Morgan fingerprint density at radius 3 is 2.20 bits per heavy atom. The van der Waals surface area contributed by atoms with Gasteiger partial charge in [-0.15, -0.1) is 0 Å². The molecule has 0 atom stereocenters. The van der Waals surface area contributed by atoms with Gasteiger partial charge in [-0.25, -0.2) is 4.39 Å². The van der Waals surface area contributed by atoms with Crippen LogP contribution in [0.2, 0.25) is 0 Å². The highest BCUT2D eigenvalue weighted by molar-refractivity contribution is 5.75. The number of likely N-dealkylation sites (tertiary alicyclic amines) is 1. The average molecular weight is 361 g/mol. The molecule has 0 aliphatic carbocycles. The Morgan fingerprint density at radius 2 is 1.76 bits per heavy atom. The Bertz CT molecular complexity index is 329. The molecule has 0 saturated carbocycles. The number of piperidine rings is 1. The largest absolute Gasteiger partial charge is 0.349 e. The topological polar surface area (TPSA) is 47.6 Å². The first-order valence-electron chi connectivity index (χ1n) is 9.74. The van der Waals surface area contributed by atoms with Gasteiger partial charge in [-0.2, -0.15) is 0 Å². The maximum Gasteiger partial charge on any atom is 0.222 e. The monoisotopic (exact) mass is 360 g/mol. The van der Waals surface area contributed by atoms with Gasteiger partial charge in [0.15, 0.2) is 0 Å². The molecule has 0 aromatic carbocycles. The lowest BCUT2D eigenvalue weighted by Gasteiger charge is -2.32. The third-order valence-corrected chi connectivity index (χ3v) is 4.18. The fraction of sp³-hybridized carbons (Fsp3) is 0.947. The molecule has 1 rings (SSSR count). The van der Waals surface area contributed by atoms with Crippen molar-refractivity contribution in [3.05, 3.63) is 0 Å². The molecule has 0 radical (unpaired) electrons. The van der Waals surface area contributed by atoms with Crippen molar-refractivity contribution in [1.29, 1.82) is 0 Å². The molecule has 25 heavy (non-hydrogen) atoms. The zero-order valence-electron chi connectivity index (χ0n) is 17.3. The first-order valence-corrected chi connectivity index (χ1v) is 9.74. The minimum Gasteiger partial charge on any atom is -0.349 e. The molecule has 1 heterocycles. The van der Waals surface area contributed by atoms with Crippen LogP contribution in [0.5, 0.6) is 0 Å². The first-order chi connectivity index (χ1) is 11.8. The molecular formula is C19H41FN4O. The third-order valence-electron chi connectivity index (χ3n) is 4.18. The fourth-order valence-corrected chi connectivity index (χ4v) is 2.77. The summed E-state index contributed by atoms with van der Waals surface area (Å²) in [5.74, 6) is 0.209. The number of carbonyl (C=O) groups is 1. The summed E-state index contributed by atoms with van der Waals surface area (Å²) >= 11 is 0. The fourth-order valence-electron chi connectivity index (χ4n) is 2.77. The molecule has 5 nitrogen and oxygen atoms in total. The smallest absolute Gasteiger partial charge is 0.222 e. The van der Waals surface area contributed by atoms with Crippen molar-refractivity contribution in [2.45, 2.75) is 71.5 Å². The second kappa shape index (κ2) is 14.4. The van der Waals surface area contributed by atoms with Gasteiger partial charge in [0, 0.05) is 45.2 Å². The quantitative estimate of drug-likeness (QED) is 0.619. The number of hydrogen-bond acceptors (Lipinski definition) is 4. The van der Waals surface area contributed by atoms with E-state index in [-0.39, 0.29) is 12.6 Å². The van der Waals surface area contributed by atoms with Crippen LogP contribution in [-0.4, -0.2) is 80.8 Å². The second-order valence-corrected chi connectivity index (χ2v) is 7.63. The van der Waals surface area contributed by atoms with E-state index in [1.165, 1.54) is 0 Å². The van der Waals surface area contributed by atoms with Crippen LogP contribution in [0.15, 0.2) is 0 Å². The zero-order chi connectivity index (χ0) is 19.2. The van der Waals surface area contributed by atoms with Crippen LogP contribution < -0.4 is 10.6 Å². The van der Waals surface area contributed by atoms with E-state index in [0.29, 0.717) is 31.1 Å². The van der Waals surface area contributed by atoms with E-state index in [1.807, 2.05) is 0 Å². The Hall–Kier alpha value is -0.720. The summed E-state index contributed by atoms with van der Waals surface area (Å²) in [5.41, 5.74) is 0. The lowest BCUT2D eigenvalue weighted by molar-refractivity contribution is -0.128. The molecule has 1 fully saturated rings. The van der Waals surface area contributed by atoms with Gasteiger partial charge in [-0.05, 0) is 38.9 Å². The Balaban J connectivity index is 0.000000463. The first kappa shape index (κ1) is 24.3. The third kappa shape index (κ3) is 14.2. The summed E-state index contributed by atoms with van der Waals surface area (Å²) in [6.07, 6.45) is 3.90. The highest BCUT2D eigenvalue weighted by Crippen LogP contribution is 2.10. The minimum absolute atomic E-state index is 0.206. The Kier molecular flexibility index (Phi) is 14.0. The Morgan fingerprint density at radius 1 is 1.16 bits per heavy atom. The maximum atomic E-state index is 12.0. The number of nitrogens with zero attached hydrogens (tertiary/aromatic N) is 2. The summed E-state index contributed by atoms with van der Waals surface area (Å²) in [5, 5.41) is 6.79. The molecule has 6 heteroatoms. The molecule has 0 aromatic rings. The number of amides is 1. The van der Waals surface area contributed by atoms with Crippen LogP contribution in [0.4, 0.5) is 4.39 Å². The van der Waals surface area contributed by atoms with Gasteiger partial charge < -0.3 is 20.4 Å². The van der Waals surface area contributed by atoms with Gasteiger partial charge >= 0.3 is 0 Å².